The minimum atomic E-state index is -0.315. The molecule has 0 aliphatic carbocycles. The molecule has 1 aliphatic heterocycles. The molecule has 1 heterocycles. The molecule has 0 bridgehead atoms. The predicted molar refractivity (Wildman–Crippen MR) is 97.4 cm³/mol. The van der Waals surface area contributed by atoms with Gasteiger partial charge in [0.05, 0.1) is 18.6 Å². The molecule has 0 saturated carbocycles. The lowest BCUT2D eigenvalue weighted by Gasteiger charge is -2.14. The highest BCUT2D eigenvalue weighted by molar-refractivity contribution is 8.18. The average Bonchev–Trinajstić information content (AvgIpc) is 2.86. The van der Waals surface area contributed by atoms with Crippen molar-refractivity contribution in [2.75, 3.05) is 7.11 Å². The highest BCUT2D eigenvalue weighted by Gasteiger charge is 2.35. The Morgan fingerprint density at radius 1 is 1.20 bits per heavy atom. The van der Waals surface area contributed by atoms with E-state index in [-0.39, 0.29) is 23.4 Å². The summed E-state index contributed by atoms with van der Waals surface area (Å²) in [5.41, 5.74) is 2.65. The number of amides is 2. The number of aryl methyl sites for hydroxylation is 1. The number of benzene rings is 2. The van der Waals surface area contributed by atoms with Crippen molar-refractivity contribution in [1.29, 1.82) is 0 Å². The highest BCUT2D eigenvalue weighted by atomic mass is 32.2. The number of phenolic OH excluding ortho intramolecular Hbond substituents is 1. The van der Waals surface area contributed by atoms with E-state index >= 15 is 0 Å². The number of carbonyl (C=O) groups excluding carboxylic acids is 2. The van der Waals surface area contributed by atoms with Gasteiger partial charge in [-0.15, -0.1) is 0 Å². The molecule has 6 heteroatoms. The fourth-order valence-corrected chi connectivity index (χ4v) is 3.37. The number of methoxy groups -OCH3 is 1. The predicted octanol–water partition coefficient (Wildman–Crippen LogP) is 3.95. The van der Waals surface area contributed by atoms with Crippen LogP contribution in [0.1, 0.15) is 16.7 Å². The van der Waals surface area contributed by atoms with Crippen LogP contribution in [0.5, 0.6) is 11.5 Å². The van der Waals surface area contributed by atoms with Crippen molar-refractivity contribution in [2.24, 2.45) is 0 Å². The smallest absolute Gasteiger partial charge is 0.293 e. The van der Waals surface area contributed by atoms with Gasteiger partial charge in [0.25, 0.3) is 11.1 Å². The van der Waals surface area contributed by atoms with Gasteiger partial charge >= 0.3 is 0 Å². The standard InChI is InChI=1S/C19H17NO4S/c1-12-5-3-4-6-14(12)11-20-18(22)17(25-19(20)23)10-13-7-8-15(21)16(9-13)24-2/h3-10,21H,11H2,1-2H3/b17-10-. The summed E-state index contributed by atoms with van der Waals surface area (Å²) in [5.74, 6) is 0.0190. The monoisotopic (exact) mass is 355 g/mol. The lowest BCUT2D eigenvalue weighted by Crippen LogP contribution is -2.27. The zero-order valence-electron chi connectivity index (χ0n) is 13.9. The van der Waals surface area contributed by atoms with E-state index in [0.717, 1.165) is 22.9 Å². The summed E-state index contributed by atoms with van der Waals surface area (Å²) in [6.45, 7) is 2.21. The van der Waals surface area contributed by atoms with Crippen molar-refractivity contribution in [1.82, 2.24) is 4.90 Å². The molecule has 1 fully saturated rings. The molecule has 0 spiro atoms. The average molecular weight is 355 g/mol. The highest BCUT2D eigenvalue weighted by Crippen LogP contribution is 2.35. The van der Waals surface area contributed by atoms with Crippen LogP contribution in [0, 0.1) is 6.92 Å². The molecule has 1 N–H and O–H groups in total. The van der Waals surface area contributed by atoms with Gasteiger partial charge in [-0.1, -0.05) is 30.3 Å². The second-order valence-corrected chi connectivity index (χ2v) is 6.62. The van der Waals surface area contributed by atoms with Gasteiger partial charge in [0.1, 0.15) is 0 Å². The van der Waals surface area contributed by atoms with Gasteiger partial charge < -0.3 is 9.84 Å². The van der Waals surface area contributed by atoms with Crippen LogP contribution >= 0.6 is 11.8 Å². The molecular formula is C19H17NO4S. The maximum absolute atomic E-state index is 12.6. The Hall–Kier alpha value is -2.73. The lowest BCUT2D eigenvalue weighted by molar-refractivity contribution is -0.123. The molecule has 3 rings (SSSR count). The maximum Gasteiger partial charge on any atom is 0.293 e. The Balaban J connectivity index is 1.85. The van der Waals surface area contributed by atoms with E-state index < -0.39 is 0 Å². The maximum atomic E-state index is 12.6. The summed E-state index contributed by atoms with van der Waals surface area (Å²) in [7, 11) is 1.45. The fraction of sp³-hybridized carbons (Fsp3) is 0.158. The molecule has 2 aromatic carbocycles. The number of rotatable bonds is 4. The molecule has 2 amide bonds. The second kappa shape index (κ2) is 7.03. The molecule has 128 valence electrons. The summed E-state index contributed by atoms with van der Waals surface area (Å²) >= 11 is 0.915. The number of ether oxygens (including phenoxy) is 1. The third-order valence-electron chi connectivity index (χ3n) is 3.96. The SMILES string of the molecule is COc1cc(/C=C2\SC(=O)N(Cc3ccccc3C)C2=O)ccc1O. The Morgan fingerprint density at radius 3 is 2.68 bits per heavy atom. The van der Waals surface area contributed by atoms with Crippen molar-refractivity contribution in [3.8, 4) is 11.5 Å². The molecule has 1 saturated heterocycles. The molecule has 0 aromatic heterocycles. The third kappa shape index (κ3) is 3.53. The largest absolute Gasteiger partial charge is 0.504 e. The van der Waals surface area contributed by atoms with Crippen LogP contribution in [0.25, 0.3) is 6.08 Å². The molecule has 2 aromatic rings. The third-order valence-corrected chi connectivity index (χ3v) is 4.87. The van der Waals surface area contributed by atoms with Gasteiger partial charge in [0.2, 0.25) is 0 Å². The molecule has 5 nitrogen and oxygen atoms in total. The van der Waals surface area contributed by atoms with Crippen molar-refractivity contribution in [3.63, 3.8) is 0 Å². The van der Waals surface area contributed by atoms with Crippen molar-refractivity contribution in [3.05, 3.63) is 64.1 Å². The van der Waals surface area contributed by atoms with Gasteiger partial charge in [-0.05, 0) is 53.6 Å². The summed E-state index contributed by atoms with van der Waals surface area (Å²) in [6, 6.07) is 12.4. The number of aromatic hydroxyl groups is 1. The number of thioether (sulfide) groups is 1. The minimum absolute atomic E-state index is 0.0207. The summed E-state index contributed by atoms with van der Waals surface area (Å²) in [4.78, 5) is 26.4. The van der Waals surface area contributed by atoms with E-state index in [0.29, 0.717) is 16.2 Å². The van der Waals surface area contributed by atoms with Crippen LogP contribution in [-0.2, 0) is 11.3 Å². The van der Waals surface area contributed by atoms with Crippen LogP contribution in [0.2, 0.25) is 0 Å². The molecule has 0 radical (unpaired) electrons. The topological polar surface area (TPSA) is 66.8 Å². The van der Waals surface area contributed by atoms with Gasteiger partial charge in [-0.3, -0.25) is 14.5 Å². The van der Waals surface area contributed by atoms with E-state index in [4.69, 9.17) is 4.74 Å². The fourth-order valence-electron chi connectivity index (χ4n) is 2.53. The van der Waals surface area contributed by atoms with E-state index in [2.05, 4.69) is 0 Å². The van der Waals surface area contributed by atoms with E-state index in [1.807, 2.05) is 31.2 Å². The Bertz CT molecular complexity index is 875. The van der Waals surface area contributed by atoms with E-state index in [1.165, 1.54) is 18.1 Å². The first-order valence-electron chi connectivity index (χ1n) is 7.66. The first-order chi connectivity index (χ1) is 12.0. The zero-order chi connectivity index (χ0) is 18.0. The van der Waals surface area contributed by atoms with Crippen LogP contribution in [0.3, 0.4) is 0 Å². The number of hydrogen-bond acceptors (Lipinski definition) is 5. The summed E-state index contributed by atoms with van der Waals surface area (Å²) in [5, 5.41) is 9.36. The Morgan fingerprint density at radius 2 is 1.96 bits per heavy atom. The normalized spacial score (nSPS) is 15.9. The first-order valence-corrected chi connectivity index (χ1v) is 8.48. The van der Waals surface area contributed by atoms with Gasteiger partial charge in [-0.25, -0.2) is 0 Å². The van der Waals surface area contributed by atoms with Gasteiger partial charge in [0, 0.05) is 0 Å². The number of nitrogens with zero attached hydrogens (tertiary/aromatic N) is 1. The molecule has 1 aliphatic rings. The second-order valence-electron chi connectivity index (χ2n) is 5.63. The Labute approximate surface area is 149 Å². The lowest BCUT2D eigenvalue weighted by atomic mass is 10.1. The minimum Gasteiger partial charge on any atom is -0.504 e. The van der Waals surface area contributed by atoms with Crippen molar-refractivity contribution < 1.29 is 19.4 Å². The van der Waals surface area contributed by atoms with Crippen molar-refractivity contribution >= 4 is 29.0 Å². The number of carbonyl (C=O) groups is 2. The Kier molecular flexibility index (Phi) is 4.81. The van der Waals surface area contributed by atoms with E-state index in [9.17, 15) is 14.7 Å². The summed E-state index contributed by atoms with van der Waals surface area (Å²) < 4.78 is 5.06. The van der Waals surface area contributed by atoms with Crippen LogP contribution in [-0.4, -0.2) is 28.3 Å². The number of phenols is 1. The van der Waals surface area contributed by atoms with Gasteiger partial charge in [0.15, 0.2) is 11.5 Å². The first kappa shape index (κ1) is 17.1. The molecule has 0 unspecified atom stereocenters. The van der Waals surface area contributed by atoms with Crippen LogP contribution < -0.4 is 4.74 Å². The quantitative estimate of drug-likeness (QED) is 0.841. The number of hydrogen-bond donors (Lipinski definition) is 1. The molecular weight excluding hydrogens is 338 g/mol. The van der Waals surface area contributed by atoms with Crippen molar-refractivity contribution in [2.45, 2.75) is 13.5 Å². The number of imide groups is 1. The van der Waals surface area contributed by atoms with Crippen LogP contribution in [0.4, 0.5) is 4.79 Å². The molecule has 25 heavy (non-hydrogen) atoms. The summed E-state index contributed by atoms with van der Waals surface area (Å²) in [6.07, 6.45) is 1.63. The van der Waals surface area contributed by atoms with Crippen LogP contribution in [0.15, 0.2) is 47.4 Å². The zero-order valence-corrected chi connectivity index (χ0v) is 14.7. The van der Waals surface area contributed by atoms with E-state index in [1.54, 1.807) is 18.2 Å². The molecule has 0 atom stereocenters. The van der Waals surface area contributed by atoms with Gasteiger partial charge in [-0.2, -0.15) is 0 Å².